The van der Waals surface area contributed by atoms with Crippen LogP contribution in [0.2, 0.25) is 0 Å². The van der Waals surface area contributed by atoms with Crippen LogP contribution in [0.4, 0.5) is 0 Å². The first-order valence-electron chi connectivity index (χ1n) is 16.3. The average Bonchev–Trinajstić information content (AvgIpc) is 3.63. The highest BCUT2D eigenvalue weighted by Crippen LogP contribution is 2.52. The minimum Gasteiger partial charge on any atom is -0.498 e. The van der Waals surface area contributed by atoms with Crippen LogP contribution >= 0.6 is 0 Å². The quantitative estimate of drug-likeness (QED) is 0.447. The fourth-order valence-electron chi connectivity index (χ4n) is 8.88. The van der Waals surface area contributed by atoms with E-state index in [1.807, 2.05) is 0 Å². The second-order valence-electron chi connectivity index (χ2n) is 13.6. The van der Waals surface area contributed by atoms with Crippen molar-refractivity contribution in [1.82, 2.24) is 15.1 Å². The fraction of sp³-hybridized carbons (Fsp3) is 0.818. The largest absolute Gasteiger partial charge is 0.498 e. The molecule has 2 saturated carbocycles. The maximum absolute atomic E-state index is 13.6. The van der Waals surface area contributed by atoms with Crippen LogP contribution in [-0.2, 0) is 14.3 Å². The van der Waals surface area contributed by atoms with Gasteiger partial charge in [-0.2, -0.15) is 0 Å². The highest BCUT2D eigenvalue weighted by Gasteiger charge is 2.44. The van der Waals surface area contributed by atoms with Crippen molar-refractivity contribution >= 4 is 11.7 Å². The molecule has 0 radical (unpaired) electrons. The number of ether oxygens (including phenoxy) is 1. The van der Waals surface area contributed by atoms with Crippen molar-refractivity contribution in [2.75, 3.05) is 32.8 Å². The number of Topliss-reactive ketones (excluding diaryl/α,β-unsaturated/α-hetero) is 1. The normalized spacial score (nSPS) is 33.4. The number of carbonyl (C=O) groups is 2. The zero-order valence-electron chi connectivity index (χ0n) is 24.7. The Morgan fingerprint density at radius 3 is 2.44 bits per heavy atom. The molecule has 1 amide bonds. The topological polar surface area (TPSA) is 61.9 Å². The number of hydrogen-bond donors (Lipinski definition) is 1. The number of rotatable bonds is 8. The molecule has 6 aliphatic rings. The molecule has 0 aromatic rings. The van der Waals surface area contributed by atoms with Crippen LogP contribution in [0.15, 0.2) is 22.6 Å². The standard InChI is InChI=1S/C33H51N3O3/c1-4-39-31-18-23(17-28(24-9-10-24)32(31)25-7-5-6-8-25)20-35-14-11-26(12-15-35)36-16-13-30-29(33(36)38)19-27(22(3)37)21(2)34-30/h21,23-28,34H,4-20H2,1-3H3/t21-,23+,27-,28+/m0/s1. The van der Waals surface area contributed by atoms with E-state index in [0.717, 1.165) is 80.9 Å². The Morgan fingerprint density at radius 1 is 1.03 bits per heavy atom. The molecule has 6 rings (SSSR count). The van der Waals surface area contributed by atoms with Gasteiger partial charge in [-0.15, -0.1) is 0 Å². The first-order valence-corrected chi connectivity index (χ1v) is 16.3. The van der Waals surface area contributed by atoms with Gasteiger partial charge in [0.05, 0.1) is 12.4 Å². The van der Waals surface area contributed by atoms with Gasteiger partial charge in [0.25, 0.3) is 5.91 Å². The van der Waals surface area contributed by atoms with Crippen LogP contribution in [0, 0.1) is 29.6 Å². The van der Waals surface area contributed by atoms with Crippen LogP contribution in [0.3, 0.4) is 0 Å². The van der Waals surface area contributed by atoms with Crippen molar-refractivity contribution < 1.29 is 14.3 Å². The Morgan fingerprint density at radius 2 is 1.77 bits per heavy atom. The number of ketones is 1. The predicted molar refractivity (Wildman–Crippen MR) is 154 cm³/mol. The third kappa shape index (κ3) is 5.69. The molecule has 3 aliphatic carbocycles. The van der Waals surface area contributed by atoms with Gasteiger partial charge in [0, 0.05) is 68.3 Å². The number of piperidine rings is 1. The van der Waals surface area contributed by atoms with Crippen LogP contribution in [0.5, 0.6) is 0 Å². The summed E-state index contributed by atoms with van der Waals surface area (Å²) in [6, 6.07) is 0.451. The highest BCUT2D eigenvalue weighted by molar-refractivity contribution is 5.96. The fourth-order valence-corrected chi connectivity index (χ4v) is 8.88. The van der Waals surface area contributed by atoms with E-state index in [4.69, 9.17) is 4.74 Å². The molecule has 6 nitrogen and oxygen atoms in total. The summed E-state index contributed by atoms with van der Waals surface area (Å²) >= 11 is 0. The molecule has 0 aromatic carbocycles. The number of nitrogens with zero attached hydrogens (tertiary/aromatic N) is 2. The lowest BCUT2D eigenvalue weighted by Gasteiger charge is -2.44. The third-order valence-corrected chi connectivity index (χ3v) is 11.0. The second kappa shape index (κ2) is 11.6. The number of allylic oxidation sites excluding steroid dienone is 2. The van der Waals surface area contributed by atoms with Gasteiger partial charge >= 0.3 is 0 Å². The van der Waals surface area contributed by atoms with Crippen LogP contribution in [0.25, 0.3) is 0 Å². The van der Waals surface area contributed by atoms with Crippen molar-refractivity contribution in [3.8, 4) is 0 Å². The van der Waals surface area contributed by atoms with E-state index < -0.39 is 0 Å². The molecule has 0 bridgehead atoms. The Balaban J connectivity index is 1.06. The van der Waals surface area contributed by atoms with Gasteiger partial charge in [-0.05, 0) is 101 Å². The Hall–Kier alpha value is -1.82. The van der Waals surface area contributed by atoms with E-state index >= 15 is 0 Å². The summed E-state index contributed by atoms with van der Waals surface area (Å²) in [6.07, 6.45) is 14.5. The van der Waals surface area contributed by atoms with Gasteiger partial charge in [0.2, 0.25) is 0 Å². The molecule has 1 saturated heterocycles. The van der Waals surface area contributed by atoms with Crippen LogP contribution < -0.4 is 5.32 Å². The number of carbonyl (C=O) groups excluding carboxylic acids is 2. The van der Waals surface area contributed by atoms with Gasteiger partial charge in [-0.1, -0.05) is 12.8 Å². The second-order valence-corrected chi connectivity index (χ2v) is 13.6. The molecule has 6 heteroatoms. The van der Waals surface area contributed by atoms with Gasteiger partial charge in [0.1, 0.15) is 5.78 Å². The van der Waals surface area contributed by atoms with E-state index in [-0.39, 0.29) is 23.7 Å². The summed E-state index contributed by atoms with van der Waals surface area (Å²) in [6.45, 7) is 10.8. The van der Waals surface area contributed by atoms with Crippen LogP contribution in [-0.4, -0.2) is 66.4 Å². The number of nitrogens with one attached hydrogen (secondary N) is 1. The molecule has 216 valence electrons. The molecule has 0 unspecified atom stereocenters. The lowest BCUT2D eigenvalue weighted by Crippen LogP contribution is -2.53. The molecule has 4 atom stereocenters. The summed E-state index contributed by atoms with van der Waals surface area (Å²) in [4.78, 5) is 30.6. The number of likely N-dealkylation sites (tertiary alicyclic amines) is 1. The van der Waals surface area contributed by atoms with E-state index in [1.165, 1.54) is 57.2 Å². The van der Waals surface area contributed by atoms with Gasteiger partial charge in [-0.3, -0.25) is 9.59 Å². The average molecular weight is 538 g/mol. The van der Waals surface area contributed by atoms with Crippen molar-refractivity contribution in [2.24, 2.45) is 29.6 Å². The van der Waals surface area contributed by atoms with Crippen molar-refractivity contribution in [1.29, 1.82) is 0 Å². The number of amides is 1. The monoisotopic (exact) mass is 537 g/mol. The van der Waals surface area contributed by atoms with E-state index in [1.54, 1.807) is 12.5 Å². The van der Waals surface area contributed by atoms with Crippen LogP contribution in [0.1, 0.15) is 97.8 Å². The maximum atomic E-state index is 13.6. The summed E-state index contributed by atoms with van der Waals surface area (Å²) < 4.78 is 6.40. The molecule has 3 heterocycles. The molecular formula is C33H51N3O3. The summed E-state index contributed by atoms with van der Waals surface area (Å²) in [7, 11) is 0. The Labute approximate surface area is 236 Å². The minimum absolute atomic E-state index is 0.0886. The smallest absolute Gasteiger partial charge is 0.251 e. The minimum atomic E-state index is -0.0886. The van der Waals surface area contributed by atoms with E-state index in [0.29, 0.717) is 18.4 Å². The lowest BCUT2D eigenvalue weighted by molar-refractivity contribution is -0.132. The SMILES string of the molecule is CCOC1=C(C2CCCC2)[C@@H](C2CC2)C[C@@H](CN2CCC(N3CCC4=C(C[C@H](C(C)=O)[C@H](C)N4)C3=O)CC2)C1. The summed E-state index contributed by atoms with van der Waals surface area (Å²) in [5, 5.41) is 3.49. The van der Waals surface area contributed by atoms with Gasteiger partial charge in [-0.25, -0.2) is 0 Å². The lowest BCUT2D eigenvalue weighted by atomic mass is 9.72. The van der Waals surface area contributed by atoms with Crippen molar-refractivity contribution in [3.05, 3.63) is 22.6 Å². The molecule has 3 aliphatic heterocycles. The molecule has 0 aromatic heterocycles. The van der Waals surface area contributed by atoms with E-state index in [2.05, 4.69) is 29.0 Å². The molecule has 39 heavy (non-hydrogen) atoms. The summed E-state index contributed by atoms with van der Waals surface area (Å²) in [5.41, 5.74) is 3.72. The predicted octanol–water partition coefficient (Wildman–Crippen LogP) is 5.44. The van der Waals surface area contributed by atoms with Gasteiger partial charge < -0.3 is 19.9 Å². The first kappa shape index (κ1) is 27.4. The zero-order chi connectivity index (χ0) is 27.1. The Bertz CT molecular complexity index is 1000. The molecule has 3 fully saturated rings. The summed E-state index contributed by atoms with van der Waals surface area (Å²) in [5.74, 6) is 4.83. The van der Waals surface area contributed by atoms with Crippen molar-refractivity contribution in [3.63, 3.8) is 0 Å². The maximum Gasteiger partial charge on any atom is 0.251 e. The number of hydrogen-bond acceptors (Lipinski definition) is 5. The molecule has 0 spiro atoms. The highest BCUT2D eigenvalue weighted by atomic mass is 16.5. The van der Waals surface area contributed by atoms with E-state index in [9.17, 15) is 9.59 Å². The van der Waals surface area contributed by atoms with Crippen molar-refractivity contribution in [2.45, 2.75) is 110 Å². The molecule has 1 N–H and O–H groups in total. The van der Waals surface area contributed by atoms with Gasteiger partial charge in [0.15, 0.2) is 0 Å². The first-order chi connectivity index (χ1) is 18.9. The third-order valence-electron chi connectivity index (χ3n) is 11.0. The zero-order valence-corrected chi connectivity index (χ0v) is 24.7. The Kier molecular flexibility index (Phi) is 8.12. The molecular weight excluding hydrogens is 486 g/mol.